The third-order valence-corrected chi connectivity index (χ3v) is 3.09. The molecule has 0 unspecified atom stereocenters. The number of nitrogens with one attached hydrogen (secondary N) is 1. The summed E-state index contributed by atoms with van der Waals surface area (Å²) in [5, 5.41) is 12.8. The third-order valence-electron chi connectivity index (χ3n) is 3.09. The Hall–Kier alpha value is -2.13. The summed E-state index contributed by atoms with van der Waals surface area (Å²) in [5.74, 6) is -0.129. The summed E-state index contributed by atoms with van der Waals surface area (Å²) in [5.41, 5.74) is 2.31. The Morgan fingerprint density at radius 2 is 1.74 bits per heavy atom. The molecule has 0 aliphatic rings. The molecule has 0 radical (unpaired) electrons. The number of aliphatic hydroxyl groups excluding tert-OH is 1. The average Bonchev–Trinajstić information content (AvgIpc) is 2.48. The number of carbonyl (C=O) groups excluding carboxylic acids is 1. The van der Waals surface area contributed by atoms with Gasteiger partial charge in [0.1, 0.15) is 0 Å². The Morgan fingerprint density at radius 3 is 2.42 bits per heavy atom. The van der Waals surface area contributed by atoms with Gasteiger partial charge in [0.15, 0.2) is 0 Å². The van der Waals surface area contributed by atoms with Crippen LogP contribution in [0.15, 0.2) is 54.6 Å². The van der Waals surface area contributed by atoms with Crippen molar-refractivity contribution in [2.75, 3.05) is 7.05 Å². The van der Waals surface area contributed by atoms with Crippen molar-refractivity contribution in [1.29, 1.82) is 0 Å². The normalized spacial score (nSPS) is 11.9. The minimum atomic E-state index is -0.605. The molecule has 0 aromatic heterocycles. The molecule has 2 aromatic rings. The molecule has 0 spiro atoms. The molecule has 1 amide bonds. The molecule has 3 nitrogen and oxygen atoms in total. The lowest BCUT2D eigenvalue weighted by atomic mass is 9.97. The predicted octanol–water partition coefficient (Wildman–Crippen LogP) is 2.32. The maximum Gasteiger partial charge on any atom is 0.251 e. The van der Waals surface area contributed by atoms with Crippen LogP contribution in [0.5, 0.6) is 0 Å². The number of carbonyl (C=O) groups is 1. The van der Waals surface area contributed by atoms with Gasteiger partial charge in [-0.2, -0.15) is 0 Å². The number of benzene rings is 2. The highest BCUT2D eigenvalue weighted by Crippen LogP contribution is 2.20. The van der Waals surface area contributed by atoms with E-state index in [0.717, 1.165) is 11.1 Å². The second kappa shape index (κ2) is 6.16. The molecule has 0 fully saturated rings. The topological polar surface area (TPSA) is 49.3 Å². The van der Waals surface area contributed by atoms with E-state index >= 15 is 0 Å². The first-order valence-electron chi connectivity index (χ1n) is 6.25. The zero-order valence-electron chi connectivity index (χ0n) is 10.8. The minimum absolute atomic E-state index is 0.129. The van der Waals surface area contributed by atoms with Gasteiger partial charge < -0.3 is 10.4 Å². The van der Waals surface area contributed by atoms with Gasteiger partial charge in [0.25, 0.3) is 5.91 Å². The minimum Gasteiger partial charge on any atom is -0.388 e. The van der Waals surface area contributed by atoms with Crippen molar-refractivity contribution in [1.82, 2.24) is 5.32 Å². The summed E-state index contributed by atoms with van der Waals surface area (Å²) >= 11 is 0. The summed E-state index contributed by atoms with van der Waals surface area (Å²) < 4.78 is 0. The molecule has 19 heavy (non-hydrogen) atoms. The highest BCUT2D eigenvalue weighted by molar-refractivity contribution is 5.95. The van der Waals surface area contributed by atoms with E-state index in [2.05, 4.69) is 5.32 Å². The first-order chi connectivity index (χ1) is 9.22. The lowest BCUT2D eigenvalue weighted by molar-refractivity contribution is 0.0961. The number of hydrogen-bond acceptors (Lipinski definition) is 2. The quantitative estimate of drug-likeness (QED) is 0.881. The number of hydrogen-bond donors (Lipinski definition) is 2. The van der Waals surface area contributed by atoms with E-state index in [1.54, 1.807) is 13.1 Å². The average molecular weight is 255 g/mol. The van der Waals surface area contributed by atoms with Crippen LogP contribution < -0.4 is 5.32 Å². The maximum absolute atomic E-state index is 11.8. The third kappa shape index (κ3) is 3.20. The Kier molecular flexibility index (Phi) is 4.31. The van der Waals surface area contributed by atoms with Crippen LogP contribution >= 0.6 is 0 Å². The largest absolute Gasteiger partial charge is 0.388 e. The molecule has 0 saturated heterocycles. The molecule has 0 aliphatic heterocycles. The van der Waals surface area contributed by atoms with Gasteiger partial charge in [-0.05, 0) is 17.2 Å². The summed E-state index contributed by atoms with van der Waals surface area (Å²) in [7, 11) is 1.60. The summed E-state index contributed by atoms with van der Waals surface area (Å²) in [4.78, 5) is 11.8. The van der Waals surface area contributed by atoms with Gasteiger partial charge in [0.05, 0.1) is 6.10 Å². The van der Waals surface area contributed by atoms with Crippen molar-refractivity contribution in [3.8, 4) is 0 Å². The zero-order chi connectivity index (χ0) is 13.7. The molecule has 98 valence electrons. The molecule has 2 rings (SSSR count). The lowest BCUT2D eigenvalue weighted by Crippen LogP contribution is -2.20. The van der Waals surface area contributed by atoms with Crippen LogP contribution in [-0.4, -0.2) is 18.1 Å². The van der Waals surface area contributed by atoms with Gasteiger partial charge in [0, 0.05) is 19.0 Å². The Labute approximate surface area is 112 Å². The van der Waals surface area contributed by atoms with Gasteiger partial charge in [0.2, 0.25) is 0 Å². The van der Waals surface area contributed by atoms with Crippen LogP contribution in [0.2, 0.25) is 0 Å². The van der Waals surface area contributed by atoms with E-state index in [-0.39, 0.29) is 5.91 Å². The SMILES string of the molecule is CNC(=O)c1ccccc1C[C@H](O)c1ccccc1. The molecule has 0 aliphatic carbocycles. The van der Waals surface area contributed by atoms with Crippen LogP contribution in [0.4, 0.5) is 0 Å². The van der Waals surface area contributed by atoms with E-state index in [4.69, 9.17) is 0 Å². The number of aliphatic hydroxyl groups is 1. The van der Waals surface area contributed by atoms with E-state index in [1.807, 2.05) is 48.5 Å². The molecule has 0 bridgehead atoms. The van der Waals surface area contributed by atoms with Crippen molar-refractivity contribution in [2.24, 2.45) is 0 Å². The highest BCUT2D eigenvalue weighted by atomic mass is 16.3. The molecular weight excluding hydrogens is 238 g/mol. The van der Waals surface area contributed by atoms with Gasteiger partial charge in [-0.1, -0.05) is 48.5 Å². The first-order valence-corrected chi connectivity index (χ1v) is 6.25. The fourth-order valence-electron chi connectivity index (χ4n) is 2.06. The molecule has 2 N–H and O–H groups in total. The standard InChI is InChI=1S/C16H17NO2/c1-17-16(19)14-10-6-5-9-13(14)11-15(18)12-7-3-2-4-8-12/h2-10,15,18H,11H2,1H3,(H,17,19)/t15-/m0/s1. The fourth-order valence-corrected chi connectivity index (χ4v) is 2.06. The van der Waals surface area contributed by atoms with E-state index < -0.39 is 6.10 Å². The maximum atomic E-state index is 11.8. The zero-order valence-corrected chi connectivity index (χ0v) is 10.8. The van der Waals surface area contributed by atoms with E-state index in [0.29, 0.717) is 12.0 Å². The van der Waals surface area contributed by atoms with E-state index in [1.165, 1.54) is 0 Å². The Bertz CT molecular complexity index is 552. The van der Waals surface area contributed by atoms with Gasteiger partial charge in [-0.25, -0.2) is 0 Å². The van der Waals surface area contributed by atoms with Crippen molar-refractivity contribution < 1.29 is 9.90 Å². The Morgan fingerprint density at radius 1 is 1.11 bits per heavy atom. The lowest BCUT2D eigenvalue weighted by Gasteiger charge is -2.13. The van der Waals surface area contributed by atoms with Crippen molar-refractivity contribution in [3.63, 3.8) is 0 Å². The highest BCUT2D eigenvalue weighted by Gasteiger charge is 2.14. The van der Waals surface area contributed by atoms with Crippen molar-refractivity contribution >= 4 is 5.91 Å². The van der Waals surface area contributed by atoms with Crippen LogP contribution in [-0.2, 0) is 6.42 Å². The van der Waals surface area contributed by atoms with Crippen LogP contribution in [0, 0.1) is 0 Å². The molecular formula is C16H17NO2. The fraction of sp³-hybridized carbons (Fsp3) is 0.188. The second-order valence-electron chi connectivity index (χ2n) is 4.37. The monoisotopic (exact) mass is 255 g/mol. The number of amides is 1. The smallest absolute Gasteiger partial charge is 0.251 e. The summed E-state index contributed by atoms with van der Waals surface area (Å²) in [6.07, 6.45) is -0.180. The van der Waals surface area contributed by atoms with Gasteiger partial charge >= 0.3 is 0 Å². The predicted molar refractivity (Wildman–Crippen MR) is 74.9 cm³/mol. The van der Waals surface area contributed by atoms with Crippen LogP contribution in [0.3, 0.4) is 0 Å². The molecule has 2 aromatic carbocycles. The van der Waals surface area contributed by atoms with Crippen LogP contribution in [0.1, 0.15) is 27.6 Å². The molecule has 0 saturated carbocycles. The van der Waals surface area contributed by atoms with Crippen molar-refractivity contribution in [3.05, 3.63) is 71.3 Å². The second-order valence-corrected chi connectivity index (χ2v) is 4.37. The number of rotatable bonds is 4. The first kappa shape index (κ1) is 13.3. The summed E-state index contributed by atoms with van der Waals surface area (Å²) in [6, 6.07) is 16.8. The molecule has 1 atom stereocenters. The summed E-state index contributed by atoms with van der Waals surface area (Å²) in [6.45, 7) is 0. The van der Waals surface area contributed by atoms with Gasteiger partial charge in [-0.3, -0.25) is 4.79 Å². The Balaban J connectivity index is 2.22. The molecule has 3 heteroatoms. The van der Waals surface area contributed by atoms with Crippen molar-refractivity contribution in [2.45, 2.75) is 12.5 Å². The molecule has 0 heterocycles. The van der Waals surface area contributed by atoms with Crippen LogP contribution in [0.25, 0.3) is 0 Å². The van der Waals surface area contributed by atoms with Gasteiger partial charge in [-0.15, -0.1) is 0 Å². The van der Waals surface area contributed by atoms with E-state index in [9.17, 15) is 9.90 Å².